The molecule has 0 aliphatic carbocycles. The molecule has 134 valence electrons. The Morgan fingerprint density at radius 1 is 1.28 bits per heavy atom. The lowest BCUT2D eigenvalue weighted by Crippen LogP contribution is -2.63. The second-order valence-electron chi connectivity index (χ2n) is 6.98. The number of nitrogens with zero attached hydrogens (tertiary/aromatic N) is 6. The molecule has 1 fully saturated rings. The Bertz CT molecular complexity index is 804. The molecule has 8 nitrogen and oxygen atoms in total. The standard InChI is InChI=1S/C17H25N6O2/c1-7-21-13-14(18-16(21)23-12(5)8-11(4)19-23)20(6)17(25)22(15(13)24)9-10(2)3/h8,10,13H,7,9H2,1-6H3/q+1. The number of urea groups is 1. The molecule has 0 saturated carbocycles. The lowest BCUT2D eigenvalue weighted by atomic mass is 10.1. The second-order valence-corrected chi connectivity index (χ2v) is 6.98. The van der Waals surface area contributed by atoms with E-state index in [1.165, 1.54) is 9.80 Å². The van der Waals surface area contributed by atoms with Crippen LogP contribution in [0.15, 0.2) is 11.1 Å². The van der Waals surface area contributed by atoms with Crippen molar-refractivity contribution in [3.8, 4) is 0 Å². The van der Waals surface area contributed by atoms with Crippen LogP contribution in [0.25, 0.3) is 0 Å². The van der Waals surface area contributed by atoms with Crippen molar-refractivity contribution >= 4 is 23.7 Å². The summed E-state index contributed by atoms with van der Waals surface area (Å²) in [5.74, 6) is 1.05. The first-order valence-corrected chi connectivity index (χ1v) is 8.61. The summed E-state index contributed by atoms with van der Waals surface area (Å²) < 4.78 is 3.65. The van der Waals surface area contributed by atoms with E-state index in [4.69, 9.17) is 0 Å². The average molecular weight is 345 g/mol. The molecule has 1 saturated heterocycles. The van der Waals surface area contributed by atoms with Gasteiger partial charge in [-0.25, -0.2) is 9.37 Å². The maximum atomic E-state index is 13.0. The number of aliphatic imine (C=N–C) groups is 1. The molecule has 3 heterocycles. The number of aromatic nitrogens is 2. The van der Waals surface area contributed by atoms with E-state index < -0.39 is 6.04 Å². The lowest BCUT2D eigenvalue weighted by molar-refractivity contribution is -0.534. The Morgan fingerprint density at radius 2 is 1.96 bits per heavy atom. The average Bonchev–Trinajstić information content (AvgIpc) is 3.08. The summed E-state index contributed by atoms with van der Waals surface area (Å²) in [5.41, 5.74) is 1.82. The van der Waals surface area contributed by atoms with Gasteiger partial charge in [-0.05, 0) is 32.8 Å². The van der Waals surface area contributed by atoms with Crippen molar-refractivity contribution in [2.45, 2.75) is 40.7 Å². The number of hydrogen-bond donors (Lipinski definition) is 0. The van der Waals surface area contributed by atoms with Crippen molar-refractivity contribution in [2.75, 3.05) is 20.1 Å². The fraction of sp³-hybridized carbons (Fsp3) is 0.588. The van der Waals surface area contributed by atoms with Crippen molar-refractivity contribution in [1.82, 2.24) is 19.6 Å². The summed E-state index contributed by atoms with van der Waals surface area (Å²) in [7, 11) is 1.67. The molecule has 0 radical (unpaired) electrons. The number of carbonyl (C=O) groups is 2. The Morgan fingerprint density at radius 3 is 2.48 bits per heavy atom. The number of aryl methyl sites for hydroxylation is 2. The molecule has 0 N–H and O–H groups in total. The third-order valence-corrected chi connectivity index (χ3v) is 4.48. The van der Waals surface area contributed by atoms with Crippen molar-refractivity contribution in [3.05, 3.63) is 17.5 Å². The highest BCUT2D eigenvalue weighted by Gasteiger charge is 2.52. The van der Waals surface area contributed by atoms with E-state index in [9.17, 15) is 9.59 Å². The molecular weight excluding hydrogens is 320 g/mol. The van der Waals surface area contributed by atoms with E-state index in [-0.39, 0.29) is 17.9 Å². The van der Waals surface area contributed by atoms with E-state index in [1.807, 2.05) is 45.3 Å². The van der Waals surface area contributed by atoms with E-state index in [0.717, 1.165) is 11.4 Å². The van der Waals surface area contributed by atoms with Crippen molar-refractivity contribution in [3.63, 3.8) is 0 Å². The van der Waals surface area contributed by atoms with Gasteiger partial charge in [-0.1, -0.05) is 18.8 Å². The zero-order chi connectivity index (χ0) is 18.5. The van der Waals surface area contributed by atoms with Gasteiger partial charge in [0.2, 0.25) is 11.9 Å². The zero-order valence-corrected chi connectivity index (χ0v) is 15.6. The van der Waals surface area contributed by atoms with Crippen LogP contribution in [0.4, 0.5) is 4.79 Å². The number of amides is 3. The number of imide groups is 1. The van der Waals surface area contributed by atoms with Crippen molar-refractivity contribution in [1.29, 1.82) is 0 Å². The number of hydrogen-bond acceptors (Lipinski definition) is 4. The predicted octanol–water partition coefficient (Wildman–Crippen LogP) is 1.07. The summed E-state index contributed by atoms with van der Waals surface area (Å²) in [4.78, 5) is 33.1. The third kappa shape index (κ3) is 2.65. The van der Waals surface area contributed by atoms with Gasteiger partial charge in [0, 0.05) is 13.6 Å². The quantitative estimate of drug-likeness (QED) is 0.769. The minimum absolute atomic E-state index is 0.204. The van der Waals surface area contributed by atoms with Crippen molar-refractivity contribution < 1.29 is 14.2 Å². The van der Waals surface area contributed by atoms with Gasteiger partial charge in [-0.2, -0.15) is 0 Å². The summed E-state index contributed by atoms with van der Waals surface area (Å²) in [6.07, 6.45) is 0. The minimum atomic E-state index is -0.578. The zero-order valence-electron chi connectivity index (χ0n) is 15.6. The minimum Gasteiger partial charge on any atom is -0.270 e. The number of fused-ring (bicyclic) bond motifs is 1. The summed E-state index contributed by atoms with van der Waals surface area (Å²) in [6.45, 7) is 10.8. The molecule has 1 atom stereocenters. The number of carbonyl (C=O) groups excluding carboxylic acids is 2. The number of rotatable bonds is 3. The first-order chi connectivity index (χ1) is 11.8. The van der Waals surface area contributed by atoms with Crippen LogP contribution in [0.2, 0.25) is 0 Å². The molecule has 0 aromatic carbocycles. The highest BCUT2D eigenvalue weighted by Crippen LogP contribution is 2.21. The topological polar surface area (TPSA) is 73.8 Å². The smallest absolute Gasteiger partial charge is 0.270 e. The molecule has 1 unspecified atom stereocenters. The van der Waals surface area contributed by atoms with Gasteiger partial charge < -0.3 is 0 Å². The maximum Gasteiger partial charge on any atom is 0.421 e. The van der Waals surface area contributed by atoms with E-state index >= 15 is 0 Å². The molecule has 0 spiro atoms. The van der Waals surface area contributed by atoms with Crippen molar-refractivity contribution in [2.24, 2.45) is 10.9 Å². The van der Waals surface area contributed by atoms with Crippen LogP contribution in [0.5, 0.6) is 0 Å². The lowest BCUT2D eigenvalue weighted by Gasteiger charge is -2.34. The fourth-order valence-corrected chi connectivity index (χ4v) is 3.36. The molecular formula is C17H25N6O2+. The molecule has 8 heteroatoms. The van der Waals surface area contributed by atoms with Gasteiger partial charge in [-0.15, -0.1) is 9.78 Å². The third-order valence-electron chi connectivity index (χ3n) is 4.48. The Balaban J connectivity index is 2.10. The van der Waals surface area contributed by atoms with Gasteiger partial charge >= 0.3 is 12.0 Å². The Kier molecular flexibility index (Phi) is 4.22. The normalized spacial score (nSPS) is 20.8. The molecule has 25 heavy (non-hydrogen) atoms. The van der Waals surface area contributed by atoms with Crippen LogP contribution >= 0.6 is 0 Å². The maximum absolute atomic E-state index is 13.0. The predicted molar refractivity (Wildman–Crippen MR) is 93.8 cm³/mol. The molecule has 1 aromatic rings. The Hall–Kier alpha value is -2.51. The fourth-order valence-electron chi connectivity index (χ4n) is 3.36. The summed E-state index contributed by atoms with van der Waals surface area (Å²) >= 11 is 0. The summed E-state index contributed by atoms with van der Waals surface area (Å²) in [6, 6.07) is 1.06. The van der Waals surface area contributed by atoms with Crippen LogP contribution in [0.3, 0.4) is 0 Å². The van der Waals surface area contributed by atoms with E-state index in [0.29, 0.717) is 24.9 Å². The van der Waals surface area contributed by atoms with Gasteiger partial charge in [0.1, 0.15) is 5.69 Å². The summed E-state index contributed by atoms with van der Waals surface area (Å²) in [5, 5.41) is 4.49. The second kappa shape index (κ2) is 6.09. The first-order valence-electron chi connectivity index (χ1n) is 8.61. The first kappa shape index (κ1) is 17.3. The van der Waals surface area contributed by atoms with Crippen LogP contribution < -0.4 is 0 Å². The number of amidine groups is 1. The van der Waals surface area contributed by atoms with Gasteiger partial charge in [0.05, 0.1) is 12.2 Å². The van der Waals surface area contributed by atoms with Gasteiger partial charge in [-0.3, -0.25) is 14.6 Å². The number of likely N-dealkylation sites (N-methyl/N-ethyl adjacent to an activating group) is 2. The van der Waals surface area contributed by atoms with E-state index in [1.54, 1.807) is 11.7 Å². The SMILES string of the molecule is CC[N+]1=C(n2nc(C)cc2C)N=C2C1C(=O)N(CC(C)C)C(=O)N2C. The molecule has 2 aliphatic heterocycles. The molecule has 3 amide bonds. The van der Waals surface area contributed by atoms with Crippen LogP contribution in [-0.2, 0) is 4.79 Å². The highest BCUT2D eigenvalue weighted by molar-refractivity contribution is 6.22. The molecule has 2 aliphatic rings. The molecule has 1 aromatic heterocycles. The highest BCUT2D eigenvalue weighted by atomic mass is 16.2. The van der Waals surface area contributed by atoms with Crippen LogP contribution in [-0.4, -0.2) is 74.1 Å². The van der Waals surface area contributed by atoms with Gasteiger partial charge in [0.15, 0.2) is 0 Å². The van der Waals surface area contributed by atoms with Gasteiger partial charge in [0.25, 0.3) is 5.91 Å². The Labute approximate surface area is 147 Å². The van der Waals surface area contributed by atoms with Crippen LogP contribution in [0.1, 0.15) is 32.2 Å². The monoisotopic (exact) mass is 345 g/mol. The largest absolute Gasteiger partial charge is 0.421 e. The molecule has 0 bridgehead atoms. The van der Waals surface area contributed by atoms with Crippen LogP contribution in [0, 0.1) is 19.8 Å². The van der Waals surface area contributed by atoms with E-state index in [2.05, 4.69) is 10.1 Å². The molecule has 3 rings (SSSR count).